The Labute approximate surface area is 162 Å². The summed E-state index contributed by atoms with van der Waals surface area (Å²) in [4.78, 5) is 16.3. The molecule has 0 spiro atoms. The van der Waals surface area contributed by atoms with Gasteiger partial charge in [-0.2, -0.15) is 4.99 Å². The molecule has 1 aliphatic rings. The number of hydrogen-bond acceptors (Lipinski definition) is 7. The van der Waals surface area contributed by atoms with Gasteiger partial charge in [-0.05, 0) is 32.9 Å². The molecule has 0 radical (unpaired) electrons. The summed E-state index contributed by atoms with van der Waals surface area (Å²) in [5.74, 6) is 0. The van der Waals surface area contributed by atoms with Gasteiger partial charge in [0.05, 0.1) is 23.9 Å². The number of rotatable bonds is 5. The molecule has 0 amide bonds. The zero-order chi connectivity index (χ0) is 18.7. The van der Waals surface area contributed by atoms with Crippen molar-refractivity contribution in [3.05, 3.63) is 56.4 Å². The lowest BCUT2D eigenvalue weighted by atomic mass is 10.2. The minimum absolute atomic E-state index is 0.383. The second kappa shape index (κ2) is 8.16. The van der Waals surface area contributed by atoms with Gasteiger partial charge < -0.3 is 15.4 Å². The maximum Gasteiger partial charge on any atom is 0.295 e. The Hall–Kier alpha value is -1.96. The molecular formula is C18H22ClN5OS. The highest BCUT2D eigenvalue weighted by atomic mass is 35.5. The molecule has 1 atom stereocenters. The molecule has 1 unspecified atom stereocenters. The number of hydrogen-bond donors (Lipinski definition) is 1. The molecule has 2 aromatic rings. The van der Waals surface area contributed by atoms with Crippen molar-refractivity contribution in [1.82, 2.24) is 14.9 Å². The molecule has 0 aromatic carbocycles. The van der Waals surface area contributed by atoms with Gasteiger partial charge in [-0.3, -0.25) is 4.98 Å². The summed E-state index contributed by atoms with van der Waals surface area (Å²) in [5, 5.41) is 1.42. The van der Waals surface area contributed by atoms with Crippen LogP contribution in [0.4, 0.5) is 0 Å². The number of aliphatic imine (C=N–C) groups is 1. The standard InChI is InChI=1S/C18H22ClN5OS/c1-11-16(19)23-18(25-9-7-14-6-4-5-8-21-14)24(17(11)20)10-15-12(2)22-13(3)26-15/h4-6,8,17H,7,9-10,20H2,1-3H3. The monoisotopic (exact) mass is 391 g/mol. The Balaban J connectivity index is 1.74. The van der Waals surface area contributed by atoms with E-state index in [9.17, 15) is 0 Å². The van der Waals surface area contributed by atoms with Crippen LogP contribution < -0.4 is 5.73 Å². The molecule has 2 aromatic heterocycles. The molecular weight excluding hydrogens is 370 g/mol. The first-order chi connectivity index (χ1) is 12.5. The lowest BCUT2D eigenvalue weighted by Gasteiger charge is -2.34. The van der Waals surface area contributed by atoms with Crippen LogP contribution in [0.15, 0.2) is 40.1 Å². The molecule has 2 N–H and O–H groups in total. The molecule has 0 saturated heterocycles. The summed E-state index contributed by atoms with van der Waals surface area (Å²) in [6.07, 6.45) is 2.07. The van der Waals surface area contributed by atoms with Crippen LogP contribution in [-0.2, 0) is 17.7 Å². The molecule has 1 aliphatic heterocycles. The van der Waals surface area contributed by atoms with Gasteiger partial charge in [-0.25, -0.2) is 4.98 Å². The number of aryl methyl sites for hydroxylation is 2. The van der Waals surface area contributed by atoms with Gasteiger partial charge in [-0.15, -0.1) is 11.3 Å². The van der Waals surface area contributed by atoms with Crippen molar-refractivity contribution >= 4 is 29.0 Å². The van der Waals surface area contributed by atoms with Crippen LogP contribution in [0.2, 0.25) is 0 Å². The zero-order valence-electron chi connectivity index (χ0n) is 15.1. The van der Waals surface area contributed by atoms with Gasteiger partial charge in [0.25, 0.3) is 6.02 Å². The smallest absolute Gasteiger partial charge is 0.295 e. The van der Waals surface area contributed by atoms with Crippen LogP contribution in [0.25, 0.3) is 0 Å². The quantitative estimate of drug-likeness (QED) is 0.791. The molecule has 8 heteroatoms. The summed E-state index contributed by atoms with van der Waals surface area (Å²) >= 11 is 7.90. The van der Waals surface area contributed by atoms with Gasteiger partial charge in [0.15, 0.2) is 0 Å². The number of pyridine rings is 1. The maximum absolute atomic E-state index is 6.39. The Kier molecular flexibility index (Phi) is 5.90. The Morgan fingerprint density at radius 1 is 1.31 bits per heavy atom. The predicted octanol–water partition coefficient (Wildman–Crippen LogP) is 3.34. The van der Waals surface area contributed by atoms with Gasteiger partial charge in [0, 0.05) is 28.8 Å². The highest BCUT2D eigenvalue weighted by molar-refractivity contribution is 7.11. The molecule has 138 valence electrons. The minimum Gasteiger partial charge on any atom is -0.464 e. The van der Waals surface area contributed by atoms with Crippen LogP contribution in [0.3, 0.4) is 0 Å². The van der Waals surface area contributed by atoms with E-state index in [1.165, 1.54) is 0 Å². The Morgan fingerprint density at radius 3 is 2.77 bits per heavy atom. The van der Waals surface area contributed by atoms with E-state index in [0.29, 0.717) is 30.8 Å². The van der Waals surface area contributed by atoms with E-state index in [1.54, 1.807) is 17.5 Å². The van der Waals surface area contributed by atoms with E-state index < -0.39 is 0 Å². The van der Waals surface area contributed by atoms with Crippen molar-refractivity contribution in [2.24, 2.45) is 10.7 Å². The molecule has 0 bridgehead atoms. The fraction of sp³-hybridized carbons (Fsp3) is 0.389. The number of nitrogens with zero attached hydrogens (tertiary/aromatic N) is 4. The van der Waals surface area contributed by atoms with Gasteiger partial charge in [-0.1, -0.05) is 17.7 Å². The summed E-state index contributed by atoms with van der Waals surface area (Å²) in [7, 11) is 0. The fourth-order valence-corrected chi connectivity index (χ4v) is 3.78. The summed E-state index contributed by atoms with van der Waals surface area (Å²) in [6.45, 7) is 6.92. The third kappa shape index (κ3) is 4.23. The van der Waals surface area contributed by atoms with E-state index in [-0.39, 0.29) is 6.17 Å². The zero-order valence-corrected chi connectivity index (χ0v) is 16.6. The predicted molar refractivity (Wildman–Crippen MR) is 105 cm³/mol. The highest BCUT2D eigenvalue weighted by Crippen LogP contribution is 2.27. The largest absolute Gasteiger partial charge is 0.464 e. The van der Waals surface area contributed by atoms with E-state index in [1.807, 2.05) is 43.9 Å². The number of nitrogens with two attached hydrogens (primary N) is 1. The Morgan fingerprint density at radius 2 is 2.12 bits per heavy atom. The van der Waals surface area contributed by atoms with Crippen LogP contribution in [-0.4, -0.2) is 33.7 Å². The van der Waals surface area contributed by atoms with Crippen LogP contribution in [0, 0.1) is 13.8 Å². The topological polar surface area (TPSA) is 76.6 Å². The number of thiazole rings is 1. The summed E-state index contributed by atoms with van der Waals surface area (Å²) in [5.41, 5.74) is 9.18. The maximum atomic E-state index is 6.39. The summed E-state index contributed by atoms with van der Waals surface area (Å²) < 4.78 is 5.93. The average molecular weight is 392 g/mol. The molecule has 3 rings (SSSR count). The van der Waals surface area contributed by atoms with Gasteiger partial charge in [0.2, 0.25) is 0 Å². The van der Waals surface area contributed by atoms with Crippen molar-refractivity contribution in [3.8, 4) is 0 Å². The fourth-order valence-electron chi connectivity index (χ4n) is 2.66. The first-order valence-electron chi connectivity index (χ1n) is 8.38. The van der Waals surface area contributed by atoms with Gasteiger partial charge >= 0.3 is 0 Å². The molecule has 3 heterocycles. The molecule has 26 heavy (non-hydrogen) atoms. The SMILES string of the molecule is CC1=C(Cl)N=C(OCCc2ccccn2)N(Cc2sc(C)nc2C)C1N. The van der Waals surface area contributed by atoms with Crippen molar-refractivity contribution in [2.75, 3.05) is 6.61 Å². The van der Waals surface area contributed by atoms with Crippen molar-refractivity contribution < 1.29 is 4.74 Å². The third-order valence-corrected chi connectivity index (χ3v) is 5.61. The van der Waals surface area contributed by atoms with Crippen LogP contribution in [0.1, 0.15) is 28.2 Å². The van der Waals surface area contributed by atoms with Crippen molar-refractivity contribution in [1.29, 1.82) is 0 Å². The number of aromatic nitrogens is 2. The lowest BCUT2D eigenvalue weighted by Crippen LogP contribution is -2.49. The van der Waals surface area contributed by atoms with E-state index in [4.69, 9.17) is 22.1 Å². The van der Waals surface area contributed by atoms with Gasteiger partial charge in [0.1, 0.15) is 11.3 Å². The minimum atomic E-state index is -0.383. The molecule has 0 aliphatic carbocycles. The number of halogens is 1. The van der Waals surface area contributed by atoms with Crippen molar-refractivity contribution in [3.63, 3.8) is 0 Å². The van der Waals surface area contributed by atoms with E-state index >= 15 is 0 Å². The normalized spacial score (nSPS) is 17.5. The Bertz CT molecular complexity index is 833. The number of amidine groups is 1. The number of ether oxygens (including phenoxy) is 1. The summed E-state index contributed by atoms with van der Waals surface area (Å²) in [6, 6.07) is 6.26. The van der Waals surface area contributed by atoms with E-state index in [2.05, 4.69) is 15.0 Å². The second-order valence-electron chi connectivity index (χ2n) is 6.10. The first kappa shape index (κ1) is 18.8. The van der Waals surface area contributed by atoms with Crippen molar-refractivity contribution in [2.45, 2.75) is 39.9 Å². The lowest BCUT2D eigenvalue weighted by molar-refractivity contribution is 0.203. The molecule has 0 fully saturated rings. The molecule has 6 nitrogen and oxygen atoms in total. The third-order valence-electron chi connectivity index (χ3n) is 4.17. The average Bonchev–Trinajstić information content (AvgIpc) is 2.94. The molecule has 0 saturated carbocycles. The van der Waals surface area contributed by atoms with Crippen LogP contribution in [0.5, 0.6) is 0 Å². The highest BCUT2D eigenvalue weighted by Gasteiger charge is 2.29. The van der Waals surface area contributed by atoms with E-state index in [0.717, 1.165) is 26.8 Å². The first-order valence-corrected chi connectivity index (χ1v) is 9.58. The van der Waals surface area contributed by atoms with Crippen LogP contribution >= 0.6 is 22.9 Å². The second-order valence-corrected chi connectivity index (χ2v) is 7.75.